The summed E-state index contributed by atoms with van der Waals surface area (Å²) >= 11 is 0. The van der Waals surface area contributed by atoms with Crippen molar-refractivity contribution in [1.82, 2.24) is 14.9 Å². The first-order valence-electron chi connectivity index (χ1n) is 7.08. The predicted octanol–water partition coefficient (Wildman–Crippen LogP) is 0.920. The van der Waals surface area contributed by atoms with Crippen LogP contribution in [0.2, 0.25) is 0 Å². The minimum atomic E-state index is -4.58. The van der Waals surface area contributed by atoms with Crippen molar-refractivity contribution in [1.29, 1.82) is 0 Å². The van der Waals surface area contributed by atoms with Crippen molar-refractivity contribution in [2.24, 2.45) is 0 Å². The summed E-state index contributed by atoms with van der Waals surface area (Å²) in [4.78, 5) is 11.9. The van der Waals surface area contributed by atoms with Crippen molar-refractivity contribution < 1.29 is 23.0 Å². The van der Waals surface area contributed by atoms with E-state index in [0.29, 0.717) is 44.6 Å². The highest BCUT2D eigenvalue weighted by Gasteiger charge is 2.39. The van der Waals surface area contributed by atoms with Crippen LogP contribution in [0.25, 0.3) is 0 Å². The zero-order valence-corrected chi connectivity index (χ0v) is 12.3. The van der Waals surface area contributed by atoms with E-state index in [0.717, 1.165) is 0 Å². The molecule has 0 radical (unpaired) electrons. The summed E-state index contributed by atoms with van der Waals surface area (Å²) in [5.74, 6) is 0.976. The predicted molar refractivity (Wildman–Crippen MR) is 73.9 cm³/mol. The van der Waals surface area contributed by atoms with Gasteiger partial charge < -0.3 is 14.7 Å². The standard InChI is InChI=1S/C13H19F3N4O2/c1-2-22-11-3-4-17-12(18-11)20-7-5-19(6-8-20)9-10(21)13(14,15)16/h3-4,10,21H,2,5-9H2,1H3. The van der Waals surface area contributed by atoms with Crippen LogP contribution in [-0.4, -0.2) is 71.6 Å². The van der Waals surface area contributed by atoms with Gasteiger partial charge in [-0.2, -0.15) is 18.2 Å². The van der Waals surface area contributed by atoms with Gasteiger partial charge in [-0.05, 0) is 6.92 Å². The molecule has 0 saturated carbocycles. The van der Waals surface area contributed by atoms with Gasteiger partial charge in [0, 0.05) is 45.0 Å². The number of rotatable bonds is 5. The molecule has 2 heterocycles. The van der Waals surface area contributed by atoms with E-state index >= 15 is 0 Å². The number of alkyl halides is 3. The van der Waals surface area contributed by atoms with Crippen molar-refractivity contribution >= 4 is 5.95 Å². The minimum absolute atomic E-state index is 0.406. The molecule has 1 atom stereocenters. The summed E-state index contributed by atoms with van der Waals surface area (Å²) in [5.41, 5.74) is 0. The van der Waals surface area contributed by atoms with E-state index < -0.39 is 18.8 Å². The van der Waals surface area contributed by atoms with Crippen LogP contribution in [0.5, 0.6) is 5.88 Å². The number of hydrogen-bond donors (Lipinski definition) is 1. The maximum absolute atomic E-state index is 12.3. The Hall–Kier alpha value is -1.61. The quantitative estimate of drug-likeness (QED) is 0.870. The van der Waals surface area contributed by atoms with Crippen LogP contribution in [0.4, 0.5) is 19.1 Å². The second kappa shape index (κ2) is 7.10. The van der Waals surface area contributed by atoms with E-state index in [1.165, 1.54) is 0 Å². The molecule has 0 aliphatic carbocycles. The molecular formula is C13H19F3N4O2. The van der Waals surface area contributed by atoms with E-state index in [9.17, 15) is 13.2 Å². The fourth-order valence-electron chi connectivity index (χ4n) is 2.19. The normalized spacial score (nSPS) is 18.3. The Bertz CT molecular complexity index is 479. The molecule has 0 aromatic carbocycles. The van der Waals surface area contributed by atoms with Crippen LogP contribution in [0.1, 0.15) is 6.92 Å². The highest BCUT2D eigenvalue weighted by Crippen LogP contribution is 2.21. The molecule has 6 nitrogen and oxygen atoms in total. The second-order valence-corrected chi connectivity index (χ2v) is 4.97. The number of ether oxygens (including phenoxy) is 1. The number of β-amino-alcohol motifs (C(OH)–C–C–N with tert-alkyl or cyclic N) is 1. The molecule has 1 fully saturated rings. The molecule has 0 bridgehead atoms. The van der Waals surface area contributed by atoms with Gasteiger partial charge in [-0.1, -0.05) is 0 Å². The molecule has 0 spiro atoms. The lowest BCUT2D eigenvalue weighted by Crippen LogP contribution is -2.51. The zero-order chi connectivity index (χ0) is 16.2. The molecule has 1 aromatic rings. The topological polar surface area (TPSA) is 61.7 Å². The third-order valence-electron chi connectivity index (χ3n) is 3.37. The Morgan fingerprint density at radius 2 is 2.00 bits per heavy atom. The number of halogens is 3. The summed E-state index contributed by atoms with van der Waals surface area (Å²) < 4.78 is 42.3. The Kier molecular flexibility index (Phi) is 5.41. The molecule has 1 aliphatic heterocycles. The Morgan fingerprint density at radius 3 is 2.59 bits per heavy atom. The monoisotopic (exact) mass is 320 g/mol. The van der Waals surface area contributed by atoms with Crippen LogP contribution >= 0.6 is 0 Å². The van der Waals surface area contributed by atoms with E-state index in [-0.39, 0.29) is 0 Å². The first-order chi connectivity index (χ1) is 10.4. The van der Waals surface area contributed by atoms with Crippen molar-refractivity contribution in [3.8, 4) is 5.88 Å². The van der Waals surface area contributed by atoms with Gasteiger partial charge in [0.1, 0.15) is 0 Å². The van der Waals surface area contributed by atoms with Crippen LogP contribution in [0, 0.1) is 0 Å². The van der Waals surface area contributed by atoms with Gasteiger partial charge in [-0.3, -0.25) is 4.90 Å². The molecule has 1 aromatic heterocycles. The highest BCUT2D eigenvalue weighted by atomic mass is 19.4. The molecule has 2 rings (SSSR count). The highest BCUT2D eigenvalue weighted by molar-refractivity contribution is 5.32. The smallest absolute Gasteiger partial charge is 0.415 e. The van der Waals surface area contributed by atoms with Crippen molar-refractivity contribution in [2.75, 3.05) is 44.2 Å². The largest absolute Gasteiger partial charge is 0.478 e. The Labute approximate surface area is 126 Å². The summed E-state index contributed by atoms with van der Waals surface area (Å²) in [6, 6.07) is 1.66. The number of hydrogen-bond acceptors (Lipinski definition) is 6. The van der Waals surface area contributed by atoms with Gasteiger partial charge in [-0.15, -0.1) is 0 Å². The van der Waals surface area contributed by atoms with Crippen LogP contribution in [-0.2, 0) is 0 Å². The van der Waals surface area contributed by atoms with E-state index in [4.69, 9.17) is 9.84 Å². The van der Waals surface area contributed by atoms with Gasteiger partial charge >= 0.3 is 6.18 Å². The number of nitrogens with zero attached hydrogens (tertiary/aromatic N) is 4. The SMILES string of the molecule is CCOc1ccnc(N2CCN(CC(O)C(F)(F)F)CC2)n1. The average Bonchev–Trinajstić information content (AvgIpc) is 2.48. The summed E-state index contributed by atoms with van der Waals surface area (Å²) in [5, 5.41) is 9.09. The van der Waals surface area contributed by atoms with Gasteiger partial charge in [-0.25, -0.2) is 4.98 Å². The number of piperazine rings is 1. The number of anilines is 1. The van der Waals surface area contributed by atoms with E-state index in [2.05, 4.69) is 9.97 Å². The number of aliphatic hydroxyl groups is 1. The molecule has 124 valence electrons. The molecule has 1 unspecified atom stereocenters. The molecule has 1 saturated heterocycles. The third-order valence-corrected chi connectivity index (χ3v) is 3.37. The first kappa shape index (κ1) is 16.8. The molecule has 22 heavy (non-hydrogen) atoms. The number of aromatic nitrogens is 2. The van der Waals surface area contributed by atoms with Gasteiger partial charge in [0.2, 0.25) is 11.8 Å². The lowest BCUT2D eigenvalue weighted by Gasteiger charge is -2.35. The molecular weight excluding hydrogens is 301 g/mol. The fourth-order valence-corrected chi connectivity index (χ4v) is 2.19. The molecule has 1 aliphatic rings. The maximum Gasteiger partial charge on any atom is 0.415 e. The van der Waals surface area contributed by atoms with Crippen LogP contribution in [0.3, 0.4) is 0 Å². The first-order valence-corrected chi connectivity index (χ1v) is 7.08. The van der Waals surface area contributed by atoms with Gasteiger partial charge in [0.05, 0.1) is 6.61 Å². The van der Waals surface area contributed by atoms with Gasteiger partial charge in [0.25, 0.3) is 0 Å². The van der Waals surface area contributed by atoms with Crippen molar-refractivity contribution in [2.45, 2.75) is 19.2 Å². The average molecular weight is 320 g/mol. The fraction of sp³-hybridized carbons (Fsp3) is 0.692. The van der Waals surface area contributed by atoms with E-state index in [1.807, 2.05) is 11.8 Å². The van der Waals surface area contributed by atoms with Crippen molar-refractivity contribution in [3.05, 3.63) is 12.3 Å². The lowest BCUT2D eigenvalue weighted by molar-refractivity contribution is -0.208. The Morgan fingerprint density at radius 1 is 1.32 bits per heavy atom. The zero-order valence-electron chi connectivity index (χ0n) is 12.3. The molecule has 1 N–H and O–H groups in total. The van der Waals surface area contributed by atoms with Crippen LogP contribution in [0.15, 0.2) is 12.3 Å². The maximum atomic E-state index is 12.3. The van der Waals surface area contributed by atoms with Gasteiger partial charge in [0.15, 0.2) is 6.10 Å². The minimum Gasteiger partial charge on any atom is -0.478 e. The summed E-state index contributed by atoms with van der Waals surface area (Å²) in [7, 11) is 0. The molecule has 0 amide bonds. The van der Waals surface area contributed by atoms with Crippen molar-refractivity contribution in [3.63, 3.8) is 0 Å². The second-order valence-electron chi connectivity index (χ2n) is 4.97. The lowest BCUT2D eigenvalue weighted by atomic mass is 10.2. The summed E-state index contributed by atoms with van der Waals surface area (Å²) in [6.07, 6.45) is -5.30. The van der Waals surface area contributed by atoms with Crippen LogP contribution < -0.4 is 9.64 Å². The molecule has 9 heteroatoms. The Balaban J connectivity index is 1.88. The summed E-state index contributed by atoms with van der Waals surface area (Å²) in [6.45, 7) is 3.77. The number of aliphatic hydroxyl groups excluding tert-OH is 1. The third kappa shape index (κ3) is 4.44. The van der Waals surface area contributed by atoms with E-state index in [1.54, 1.807) is 17.2 Å².